The van der Waals surface area contributed by atoms with Crippen LogP contribution < -0.4 is 14.2 Å². The summed E-state index contributed by atoms with van der Waals surface area (Å²) in [7, 11) is 0. The maximum Gasteiger partial charge on any atom is 0.277 e. The normalized spacial score (nSPS) is 10.9. The number of hydrogen-bond donors (Lipinski definition) is 0. The summed E-state index contributed by atoms with van der Waals surface area (Å²) >= 11 is 3.08. The molecule has 9 heteroatoms. The van der Waals surface area contributed by atoms with E-state index in [1.165, 1.54) is 11.8 Å². The van der Waals surface area contributed by atoms with Gasteiger partial charge in [0.25, 0.3) is 5.22 Å². The average molecular weight is 484 g/mol. The molecule has 0 bridgehead atoms. The summed E-state index contributed by atoms with van der Waals surface area (Å²) in [6.07, 6.45) is 0. The topological polar surface area (TPSA) is 79.5 Å². The predicted octanol–water partition coefficient (Wildman–Crippen LogP) is 6.35. The van der Waals surface area contributed by atoms with Crippen molar-refractivity contribution in [1.82, 2.24) is 15.2 Å². The quantitative estimate of drug-likeness (QED) is 0.228. The predicted molar refractivity (Wildman–Crippen MR) is 130 cm³/mol. The van der Waals surface area contributed by atoms with Crippen LogP contribution in [0.3, 0.4) is 0 Å². The number of ether oxygens (including phenoxy) is 3. The molecule has 33 heavy (non-hydrogen) atoms. The number of rotatable bonds is 11. The fourth-order valence-corrected chi connectivity index (χ4v) is 4.71. The molecular formula is C24H25N3O4S2. The molecule has 0 saturated carbocycles. The van der Waals surface area contributed by atoms with E-state index in [4.69, 9.17) is 23.6 Å². The van der Waals surface area contributed by atoms with Gasteiger partial charge < -0.3 is 18.6 Å². The van der Waals surface area contributed by atoms with Crippen molar-refractivity contribution in [3.05, 3.63) is 53.5 Å². The van der Waals surface area contributed by atoms with E-state index in [0.29, 0.717) is 59.5 Å². The molecule has 0 saturated heterocycles. The lowest BCUT2D eigenvalue weighted by molar-refractivity contribution is 0.261. The van der Waals surface area contributed by atoms with Crippen LogP contribution in [0, 0.1) is 0 Å². The van der Waals surface area contributed by atoms with Gasteiger partial charge in [-0.15, -0.1) is 21.5 Å². The van der Waals surface area contributed by atoms with Gasteiger partial charge in [-0.25, -0.2) is 4.98 Å². The Morgan fingerprint density at radius 2 is 1.58 bits per heavy atom. The molecule has 0 aliphatic heterocycles. The van der Waals surface area contributed by atoms with Gasteiger partial charge >= 0.3 is 0 Å². The smallest absolute Gasteiger partial charge is 0.277 e. The Morgan fingerprint density at radius 3 is 2.24 bits per heavy atom. The monoisotopic (exact) mass is 483 g/mol. The van der Waals surface area contributed by atoms with E-state index in [-0.39, 0.29) is 0 Å². The number of nitrogens with zero attached hydrogens (tertiary/aromatic N) is 3. The Hall–Kier alpha value is -3.04. The Bertz CT molecular complexity index is 1150. The molecular weight excluding hydrogens is 458 g/mol. The molecule has 172 valence electrons. The second-order valence-electron chi connectivity index (χ2n) is 6.77. The third-order valence-electron chi connectivity index (χ3n) is 4.48. The van der Waals surface area contributed by atoms with Crippen molar-refractivity contribution >= 4 is 23.1 Å². The molecule has 0 atom stereocenters. The van der Waals surface area contributed by atoms with Gasteiger partial charge in [-0.3, -0.25) is 0 Å². The van der Waals surface area contributed by atoms with E-state index < -0.39 is 0 Å². The summed E-state index contributed by atoms with van der Waals surface area (Å²) in [5, 5.41) is 11.9. The lowest BCUT2D eigenvalue weighted by Gasteiger charge is -2.16. The van der Waals surface area contributed by atoms with Crippen LogP contribution in [0.25, 0.3) is 22.0 Å². The molecule has 0 unspecified atom stereocenters. The average Bonchev–Trinajstić information content (AvgIpc) is 3.50. The van der Waals surface area contributed by atoms with E-state index in [9.17, 15) is 0 Å². The van der Waals surface area contributed by atoms with Crippen molar-refractivity contribution < 1.29 is 18.6 Å². The zero-order valence-electron chi connectivity index (χ0n) is 18.7. The first-order valence-electron chi connectivity index (χ1n) is 10.7. The van der Waals surface area contributed by atoms with Crippen LogP contribution in [0.4, 0.5) is 0 Å². The highest BCUT2D eigenvalue weighted by Gasteiger charge is 2.19. The Kier molecular flexibility index (Phi) is 7.85. The lowest BCUT2D eigenvalue weighted by Crippen LogP contribution is -2.03. The summed E-state index contributed by atoms with van der Waals surface area (Å²) in [5.74, 6) is 2.79. The van der Waals surface area contributed by atoms with Gasteiger partial charge in [0.15, 0.2) is 11.5 Å². The molecule has 0 aliphatic carbocycles. The fraction of sp³-hybridized carbons (Fsp3) is 0.292. The number of benzene rings is 2. The molecule has 2 heterocycles. The van der Waals surface area contributed by atoms with Crippen LogP contribution in [-0.4, -0.2) is 35.0 Å². The van der Waals surface area contributed by atoms with Crippen molar-refractivity contribution in [2.75, 3.05) is 19.8 Å². The Morgan fingerprint density at radius 1 is 0.879 bits per heavy atom. The first-order valence-corrected chi connectivity index (χ1v) is 12.6. The summed E-state index contributed by atoms with van der Waals surface area (Å²) < 4.78 is 23.2. The maximum absolute atomic E-state index is 5.91. The molecule has 0 fully saturated rings. The summed E-state index contributed by atoms with van der Waals surface area (Å²) in [6, 6.07) is 13.8. The molecule has 2 aromatic heterocycles. The van der Waals surface area contributed by atoms with Crippen molar-refractivity contribution in [3.8, 4) is 39.3 Å². The fourth-order valence-electron chi connectivity index (χ4n) is 3.12. The summed E-state index contributed by atoms with van der Waals surface area (Å²) in [5.41, 5.74) is 2.80. The molecule has 4 rings (SSSR count). The van der Waals surface area contributed by atoms with Gasteiger partial charge in [0.1, 0.15) is 5.01 Å². The molecule has 0 spiro atoms. The van der Waals surface area contributed by atoms with E-state index in [1.807, 2.05) is 51.1 Å². The van der Waals surface area contributed by atoms with Crippen LogP contribution >= 0.6 is 23.1 Å². The van der Waals surface area contributed by atoms with E-state index in [1.54, 1.807) is 11.3 Å². The molecule has 0 aliphatic rings. The number of thioether (sulfide) groups is 1. The maximum atomic E-state index is 5.91. The van der Waals surface area contributed by atoms with Crippen LogP contribution in [0.15, 0.2) is 57.5 Å². The van der Waals surface area contributed by atoms with Crippen molar-refractivity contribution in [2.45, 2.75) is 31.7 Å². The highest BCUT2D eigenvalue weighted by atomic mass is 32.2. The minimum Gasteiger partial charge on any atom is -0.490 e. The summed E-state index contributed by atoms with van der Waals surface area (Å²) in [6.45, 7) is 7.27. The van der Waals surface area contributed by atoms with Gasteiger partial charge in [-0.05, 0) is 32.9 Å². The van der Waals surface area contributed by atoms with Crippen LogP contribution in [0.2, 0.25) is 0 Å². The second kappa shape index (κ2) is 11.2. The molecule has 4 aromatic rings. The molecule has 0 amide bonds. The zero-order chi connectivity index (χ0) is 23.0. The molecule has 7 nitrogen and oxygen atoms in total. The molecule has 0 radical (unpaired) electrons. The Balaban J connectivity index is 1.50. The van der Waals surface area contributed by atoms with E-state index in [2.05, 4.69) is 27.7 Å². The largest absolute Gasteiger partial charge is 0.490 e. The van der Waals surface area contributed by atoms with Crippen molar-refractivity contribution in [3.63, 3.8) is 0 Å². The molecule has 2 aromatic carbocycles. The third kappa shape index (κ3) is 5.66. The summed E-state index contributed by atoms with van der Waals surface area (Å²) in [4.78, 5) is 4.71. The van der Waals surface area contributed by atoms with E-state index >= 15 is 0 Å². The third-order valence-corrected chi connectivity index (χ3v) is 6.27. The first kappa shape index (κ1) is 23.1. The van der Waals surface area contributed by atoms with Crippen LogP contribution in [0.5, 0.6) is 17.2 Å². The minimum atomic E-state index is 0.394. The molecule has 0 N–H and O–H groups in total. The highest BCUT2D eigenvalue weighted by molar-refractivity contribution is 7.98. The zero-order valence-corrected chi connectivity index (χ0v) is 20.4. The number of thiazole rings is 1. The number of aromatic nitrogens is 3. The lowest BCUT2D eigenvalue weighted by atomic mass is 10.2. The van der Waals surface area contributed by atoms with Gasteiger partial charge in [-0.1, -0.05) is 42.1 Å². The standard InChI is InChI=1S/C24H25N3O4S2/c1-4-28-19-12-17(13-20(29-5-2)21(19)30-6-3)22-26-27-24(31-22)33-15-18-14-32-23(25-18)16-10-8-7-9-11-16/h7-14H,4-6,15H2,1-3H3. The van der Waals surface area contributed by atoms with Gasteiger partial charge in [-0.2, -0.15) is 0 Å². The Labute approximate surface area is 201 Å². The first-order chi connectivity index (χ1) is 16.2. The number of hydrogen-bond acceptors (Lipinski definition) is 9. The second-order valence-corrected chi connectivity index (χ2v) is 8.56. The van der Waals surface area contributed by atoms with Crippen LogP contribution in [-0.2, 0) is 5.75 Å². The SMILES string of the molecule is CCOc1cc(-c2nnc(SCc3csc(-c4ccccc4)n3)o2)cc(OCC)c1OCC. The van der Waals surface area contributed by atoms with E-state index in [0.717, 1.165) is 16.3 Å². The van der Waals surface area contributed by atoms with Crippen molar-refractivity contribution in [1.29, 1.82) is 0 Å². The van der Waals surface area contributed by atoms with Gasteiger partial charge in [0.2, 0.25) is 11.6 Å². The van der Waals surface area contributed by atoms with Crippen LogP contribution in [0.1, 0.15) is 26.5 Å². The highest BCUT2D eigenvalue weighted by Crippen LogP contribution is 2.42. The minimum absolute atomic E-state index is 0.394. The van der Waals surface area contributed by atoms with Gasteiger partial charge in [0.05, 0.1) is 25.5 Å². The van der Waals surface area contributed by atoms with Gasteiger partial charge in [0, 0.05) is 22.3 Å². The van der Waals surface area contributed by atoms with Crippen molar-refractivity contribution in [2.24, 2.45) is 0 Å².